The van der Waals surface area contributed by atoms with Crippen LogP contribution in [0, 0.1) is 5.82 Å². The third-order valence-electron chi connectivity index (χ3n) is 6.09. The van der Waals surface area contributed by atoms with Crippen LogP contribution < -0.4 is 9.64 Å². The zero-order valence-electron chi connectivity index (χ0n) is 20.8. The predicted octanol–water partition coefficient (Wildman–Crippen LogP) is 3.55. The molecule has 0 N–H and O–H groups in total. The molecule has 192 valence electrons. The normalized spacial score (nSPS) is 18.9. The average molecular weight is 499 g/mol. The number of morpholine rings is 1. The van der Waals surface area contributed by atoms with E-state index < -0.39 is 23.6 Å². The molecular formula is C25H31FN6O4. The summed E-state index contributed by atoms with van der Waals surface area (Å²) in [6.45, 7) is 8.33. The van der Waals surface area contributed by atoms with Gasteiger partial charge in [-0.3, -0.25) is 0 Å². The summed E-state index contributed by atoms with van der Waals surface area (Å²) in [5.41, 5.74) is 0.880. The molecule has 0 bridgehead atoms. The van der Waals surface area contributed by atoms with Gasteiger partial charge in [0.25, 0.3) is 5.88 Å². The first-order chi connectivity index (χ1) is 17.3. The molecule has 5 rings (SSSR count). The zero-order valence-corrected chi connectivity index (χ0v) is 20.8. The topological polar surface area (TPSA) is 94.3 Å². The second-order valence-corrected chi connectivity index (χ2v) is 9.99. The Morgan fingerprint density at radius 2 is 1.97 bits per heavy atom. The molecule has 0 unspecified atom stereocenters. The highest BCUT2D eigenvalue weighted by Gasteiger charge is 2.31. The number of hydrogen-bond acceptors (Lipinski definition) is 8. The van der Waals surface area contributed by atoms with E-state index in [1.54, 1.807) is 15.6 Å². The predicted molar refractivity (Wildman–Crippen MR) is 131 cm³/mol. The van der Waals surface area contributed by atoms with Gasteiger partial charge in [-0.25, -0.2) is 14.3 Å². The third-order valence-corrected chi connectivity index (χ3v) is 6.09. The second-order valence-electron chi connectivity index (χ2n) is 9.99. The number of piperidine rings is 1. The minimum Gasteiger partial charge on any atom is -0.470 e. The van der Waals surface area contributed by atoms with Crippen LogP contribution in [-0.2, 0) is 9.47 Å². The van der Waals surface area contributed by atoms with E-state index in [2.05, 4.69) is 15.1 Å². The molecule has 2 aliphatic rings. The maximum Gasteiger partial charge on any atom is 0.410 e. The lowest BCUT2D eigenvalue weighted by atomic mass is 10.1. The van der Waals surface area contributed by atoms with Crippen LogP contribution >= 0.6 is 0 Å². The van der Waals surface area contributed by atoms with Crippen LogP contribution in [-0.4, -0.2) is 81.7 Å². The lowest BCUT2D eigenvalue weighted by Gasteiger charge is -2.34. The summed E-state index contributed by atoms with van der Waals surface area (Å²) in [5.74, 6) is -0.249. The molecule has 3 aromatic heterocycles. The number of halogens is 1. The van der Waals surface area contributed by atoms with Gasteiger partial charge in [-0.05, 0) is 45.7 Å². The summed E-state index contributed by atoms with van der Waals surface area (Å²) in [4.78, 5) is 25.1. The molecule has 2 saturated heterocycles. The van der Waals surface area contributed by atoms with Gasteiger partial charge in [0.1, 0.15) is 11.7 Å². The van der Waals surface area contributed by atoms with Gasteiger partial charge in [-0.1, -0.05) is 6.07 Å². The second kappa shape index (κ2) is 9.88. The van der Waals surface area contributed by atoms with Crippen molar-refractivity contribution in [2.24, 2.45) is 0 Å². The standard InChI is InChI=1S/C25H31FN6O4/c1-25(2,3)36-24(33)31-9-6-7-17(16-31)35-23-20(26)22(30-11-13-34-14-12-30)28-21(29-23)18-15-27-32-10-5-4-8-19(18)32/h4-5,8,10,15,17H,6-7,9,11-14,16H2,1-3H3/t17-/m1/s1. The number of rotatable bonds is 4. The first-order valence-corrected chi connectivity index (χ1v) is 12.3. The number of nitrogens with zero attached hydrogens (tertiary/aromatic N) is 6. The van der Waals surface area contributed by atoms with Crippen molar-refractivity contribution in [3.63, 3.8) is 0 Å². The maximum absolute atomic E-state index is 15.8. The number of likely N-dealkylation sites (tertiary alicyclic amines) is 1. The van der Waals surface area contributed by atoms with E-state index in [1.165, 1.54) is 0 Å². The molecule has 2 aliphatic heterocycles. The third kappa shape index (κ3) is 5.20. The van der Waals surface area contributed by atoms with Crippen LogP contribution in [0.25, 0.3) is 16.9 Å². The Morgan fingerprint density at radius 1 is 1.17 bits per heavy atom. The van der Waals surface area contributed by atoms with Crippen LogP contribution in [0.3, 0.4) is 0 Å². The van der Waals surface area contributed by atoms with E-state index in [-0.39, 0.29) is 18.2 Å². The first kappa shape index (κ1) is 24.2. The van der Waals surface area contributed by atoms with Crippen molar-refractivity contribution in [3.8, 4) is 17.3 Å². The Kier molecular flexibility index (Phi) is 6.65. The van der Waals surface area contributed by atoms with E-state index in [0.717, 1.165) is 5.52 Å². The van der Waals surface area contributed by atoms with Gasteiger partial charge in [0.05, 0.1) is 37.0 Å². The Hall–Kier alpha value is -3.47. The van der Waals surface area contributed by atoms with Crippen LogP contribution in [0.4, 0.5) is 15.0 Å². The van der Waals surface area contributed by atoms with Gasteiger partial charge in [0, 0.05) is 25.8 Å². The highest BCUT2D eigenvalue weighted by molar-refractivity contribution is 5.76. The Bertz CT molecular complexity index is 1240. The summed E-state index contributed by atoms with van der Waals surface area (Å²) in [5, 5.41) is 4.37. The highest BCUT2D eigenvalue weighted by Crippen LogP contribution is 2.32. The first-order valence-electron chi connectivity index (χ1n) is 12.3. The smallest absolute Gasteiger partial charge is 0.410 e. The number of carbonyl (C=O) groups is 1. The largest absolute Gasteiger partial charge is 0.470 e. The fourth-order valence-electron chi connectivity index (χ4n) is 4.39. The molecular weight excluding hydrogens is 467 g/mol. The van der Waals surface area contributed by atoms with Gasteiger partial charge >= 0.3 is 6.09 Å². The number of carbonyl (C=O) groups excluding carboxylic acids is 1. The van der Waals surface area contributed by atoms with Gasteiger partial charge in [0.2, 0.25) is 5.82 Å². The van der Waals surface area contributed by atoms with E-state index in [0.29, 0.717) is 57.1 Å². The quantitative estimate of drug-likeness (QED) is 0.539. The zero-order chi connectivity index (χ0) is 25.3. The number of pyridine rings is 1. The number of ether oxygens (including phenoxy) is 3. The van der Waals surface area contributed by atoms with Crippen molar-refractivity contribution in [2.75, 3.05) is 44.3 Å². The fraction of sp³-hybridized carbons (Fsp3) is 0.520. The van der Waals surface area contributed by atoms with Gasteiger partial charge < -0.3 is 24.0 Å². The highest BCUT2D eigenvalue weighted by atomic mass is 19.1. The van der Waals surface area contributed by atoms with Gasteiger partial charge in [-0.15, -0.1) is 0 Å². The molecule has 36 heavy (non-hydrogen) atoms. The van der Waals surface area contributed by atoms with Gasteiger partial charge in [-0.2, -0.15) is 14.5 Å². The Morgan fingerprint density at radius 3 is 2.75 bits per heavy atom. The number of aromatic nitrogens is 4. The fourth-order valence-corrected chi connectivity index (χ4v) is 4.39. The molecule has 1 atom stereocenters. The van der Waals surface area contributed by atoms with Crippen LogP contribution in [0.15, 0.2) is 30.6 Å². The summed E-state index contributed by atoms with van der Waals surface area (Å²) >= 11 is 0. The van der Waals surface area contributed by atoms with E-state index in [9.17, 15) is 4.79 Å². The molecule has 0 radical (unpaired) electrons. The summed E-state index contributed by atoms with van der Waals surface area (Å²) < 4.78 is 34.6. The monoisotopic (exact) mass is 498 g/mol. The minimum atomic E-state index is -0.619. The van der Waals surface area contributed by atoms with Crippen molar-refractivity contribution in [1.29, 1.82) is 0 Å². The van der Waals surface area contributed by atoms with Crippen molar-refractivity contribution >= 4 is 17.4 Å². The lowest BCUT2D eigenvalue weighted by Crippen LogP contribution is -2.46. The average Bonchev–Trinajstić information content (AvgIpc) is 3.29. The number of hydrogen-bond donors (Lipinski definition) is 0. The molecule has 1 amide bonds. The molecule has 0 saturated carbocycles. The minimum absolute atomic E-state index is 0.132. The van der Waals surface area contributed by atoms with Crippen molar-refractivity contribution in [1.82, 2.24) is 24.5 Å². The van der Waals surface area contributed by atoms with Crippen molar-refractivity contribution in [3.05, 3.63) is 36.4 Å². The van der Waals surface area contributed by atoms with Crippen LogP contribution in [0.5, 0.6) is 5.88 Å². The molecule has 0 aromatic carbocycles. The molecule has 5 heterocycles. The van der Waals surface area contributed by atoms with E-state index in [4.69, 9.17) is 14.2 Å². The summed E-state index contributed by atoms with van der Waals surface area (Å²) in [7, 11) is 0. The number of amides is 1. The Balaban J connectivity index is 1.46. The molecule has 3 aromatic rings. The molecule has 10 nitrogen and oxygen atoms in total. The van der Waals surface area contributed by atoms with Crippen molar-refractivity contribution < 1.29 is 23.4 Å². The maximum atomic E-state index is 15.8. The van der Waals surface area contributed by atoms with Gasteiger partial charge in [0.15, 0.2) is 11.6 Å². The number of anilines is 1. The SMILES string of the molecule is CC(C)(C)OC(=O)N1CCC[C@@H](Oc2nc(-c3cnn4ccccc34)nc(N3CCOCC3)c2F)C1. The van der Waals surface area contributed by atoms with Crippen molar-refractivity contribution in [2.45, 2.75) is 45.3 Å². The van der Waals surface area contributed by atoms with E-state index >= 15 is 4.39 Å². The van der Waals surface area contributed by atoms with E-state index in [1.807, 2.05) is 50.1 Å². The van der Waals surface area contributed by atoms with Crippen LogP contribution in [0.1, 0.15) is 33.6 Å². The number of fused-ring (bicyclic) bond motifs is 1. The molecule has 2 fully saturated rings. The lowest BCUT2D eigenvalue weighted by molar-refractivity contribution is 0.00675. The summed E-state index contributed by atoms with van der Waals surface area (Å²) in [6, 6.07) is 5.68. The Labute approximate surface area is 209 Å². The molecule has 11 heteroatoms. The molecule has 0 aliphatic carbocycles. The van der Waals surface area contributed by atoms with Crippen LogP contribution in [0.2, 0.25) is 0 Å². The summed E-state index contributed by atoms with van der Waals surface area (Å²) in [6.07, 6.45) is 4.05. The molecule has 0 spiro atoms.